The maximum atomic E-state index is 13.3. The van der Waals surface area contributed by atoms with Crippen molar-refractivity contribution in [2.75, 3.05) is 13.7 Å². The molecule has 2 heterocycles. The van der Waals surface area contributed by atoms with Gasteiger partial charge < -0.3 is 9.64 Å². The van der Waals surface area contributed by atoms with E-state index in [-0.39, 0.29) is 11.9 Å². The minimum Gasteiger partial charge on any atom is -0.497 e. The van der Waals surface area contributed by atoms with Crippen molar-refractivity contribution in [1.82, 2.24) is 19.9 Å². The Balaban J connectivity index is 1.54. The fourth-order valence-electron chi connectivity index (χ4n) is 3.92. The second-order valence-electron chi connectivity index (χ2n) is 7.42. The highest BCUT2D eigenvalue weighted by atomic mass is 16.5. The highest BCUT2D eigenvalue weighted by molar-refractivity contribution is 5.92. The lowest BCUT2D eigenvalue weighted by molar-refractivity contribution is 0.0674. The van der Waals surface area contributed by atoms with Crippen LogP contribution in [0.3, 0.4) is 0 Å². The molecule has 0 aliphatic carbocycles. The van der Waals surface area contributed by atoms with Gasteiger partial charge in [0.1, 0.15) is 5.75 Å². The molecule has 1 aliphatic heterocycles. The van der Waals surface area contributed by atoms with Gasteiger partial charge in [0.05, 0.1) is 25.9 Å². The van der Waals surface area contributed by atoms with Gasteiger partial charge in [-0.1, -0.05) is 60.5 Å². The summed E-state index contributed by atoms with van der Waals surface area (Å²) in [6.45, 7) is 1.34. The molecule has 6 nitrogen and oxygen atoms in total. The van der Waals surface area contributed by atoms with Gasteiger partial charge in [0.25, 0.3) is 5.91 Å². The molecule has 1 fully saturated rings. The third kappa shape index (κ3) is 4.47. The fourth-order valence-corrected chi connectivity index (χ4v) is 3.92. The van der Waals surface area contributed by atoms with Gasteiger partial charge in [0, 0.05) is 6.54 Å². The van der Waals surface area contributed by atoms with Crippen molar-refractivity contribution >= 4 is 5.91 Å². The molecule has 0 saturated carbocycles. The van der Waals surface area contributed by atoms with Crippen LogP contribution in [0.1, 0.15) is 53.3 Å². The van der Waals surface area contributed by atoms with E-state index in [1.807, 2.05) is 47.4 Å². The number of methoxy groups -OCH3 is 1. The van der Waals surface area contributed by atoms with E-state index in [0.717, 1.165) is 49.1 Å². The summed E-state index contributed by atoms with van der Waals surface area (Å²) in [6, 6.07) is 18.1. The number of amides is 1. The molecule has 29 heavy (non-hydrogen) atoms. The maximum Gasteiger partial charge on any atom is 0.276 e. The number of ether oxygens (including phenoxy) is 1. The Morgan fingerprint density at radius 2 is 1.86 bits per heavy atom. The van der Waals surface area contributed by atoms with Crippen LogP contribution in [-0.4, -0.2) is 39.5 Å². The Labute approximate surface area is 171 Å². The summed E-state index contributed by atoms with van der Waals surface area (Å²) >= 11 is 0. The summed E-state index contributed by atoms with van der Waals surface area (Å²) in [5.74, 6) is 0.774. The van der Waals surface area contributed by atoms with Gasteiger partial charge in [-0.2, -0.15) is 0 Å². The van der Waals surface area contributed by atoms with E-state index in [1.165, 1.54) is 0 Å². The van der Waals surface area contributed by atoms with Crippen molar-refractivity contribution in [3.05, 3.63) is 77.6 Å². The fraction of sp³-hybridized carbons (Fsp3) is 0.348. The smallest absolute Gasteiger partial charge is 0.276 e. The Bertz CT molecular complexity index is 937. The van der Waals surface area contributed by atoms with Crippen molar-refractivity contribution in [3.8, 4) is 5.75 Å². The highest BCUT2D eigenvalue weighted by Crippen LogP contribution is 2.32. The molecule has 150 valence electrons. The van der Waals surface area contributed by atoms with Gasteiger partial charge in [-0.3, -0.25) is 4.79 Å². The molecule has 1 saturated heterocycles. The van der Waals surface area contributed by atoms with Crippen LogP contribution in [0.2, 0.25) is 0 Å². The first kappa shape index (κ1) is 19.2. The molecule has 1 aliphatic rings. The molecule has 3 aromatic rings. The lowest BCUT2D eigenvalue weighted by Gasteiger charge is -2.30. The number of nitrogens with zero attached hydrogens (tertiary/aromatic N) is 4. The summed E-state index contributed by atoms with van der Waals surface area (Å²) in [4.78, 5) is 15.3. The minimum atomic E-state index is -0.0490. The summed E-state index contributed by atoms with van der Waals surface area (Å²) in [6.07, 6.45) is 5.97. The number of hydrogen-bond donors (Lipinski definition) is 0. The van der Waals surface area contributed by atoms with E-state index in [1.54, 1.807) is 18.0 Å². The highest BCUT2D eigenvalue weighted by Gasteiger charge is 2.29. The molecule has 6 heteroatoms. The number of aromatic nitrogens is 3. The van der Waals surface area contributed by atoms with E-state index in [0.29, 0.717) is 12.2 Å². The summed E-state index contributed by atoms with van der Waals surface area (Å²) < 4.78 is 7.00. The number of carbonyl (C=O) groups excluding carboxylic acids is 1. The van der Waals surface area contributed by atoms with Crippen molar-refractivity contribution < 1.29 is 9.53 Å². The van der Waals surface area contributed by atoms with E-state index >= 15 is 0 Å². The third-order valence-electron chi connectivity index (χ3n) is 5.46. The molecule has 0 radical (unpaired) electrons. The van der Waals surface area contributed by atoms with Gasteiger partial charge in [0.2, 0.25) is 0 Å². The normalized spacial score (nSPS) is 17.0. The maximum absolute atomic E-state index is 13.3. The predicted octanol–water partition coefficient (Wildman–Crippen LogP) is 4.09. The number of hydrogen-bond acceptors (Lipinski definition) is 4. The van der Waals surface area contributed by atoms with Gasteiger partial charge in [-0.15, -0.1) is 5.10 Å². The van der Waals surface area contributed by atoms with Crippen LogP contribution in [0, 0.1) is 0 Å². The van der Waals surface area contributed by atoms with Crippen molar-refractivity contribution in [1.29, 1.82) is 0 Å². The Morgan fingerprint density at radius 3 is 2.62 bits per heavy atom. The summed E-state index contributed by atoms with van der Waals surface area (Å²) in [5, 5.41) is 8.35. The van der Waals surface area contributed by atoms with Crippen LogP contribution < -0.4 is 4.74 Å². The standard InChI is InChI=1S/C23H26N4O2/c1-29-20-13-11-19(12-14-20)22-10-6-3-7-15-27(22)23(28)21-17-26(25-24-21)16-18-8-4-2-5-9-18/h2,4-5,8-9,11-14,17,22H,3,6-7,10,15-16H2,1H3. The average Bonchev–Trinajstić information content (AvgIpc) is 3.09. The van der Waals surface area contributed by atoms with E-state index in [9.17, 15) is 4.79 Å². The van der Waals surface area contributed by atoms with Gasteiger partial charge in [0.15, 0.2) is 5.69 Å². The number of likely N-dealkylation sites (tertiary alicyclic amines) is 1. The van der Waals surface area contributed by atoms with Crippen molar-refractivity contribution in [2.45, 2.75) is 38.3 Å². The zero-order valence-electron chi connectivity index (χ0n) is 16.7. The van der Waals surface area contributed by atoms with Crippen molar-refractivity contribution in [3.63, 3.8) is 0 Å². The molecule has 2 aromatic carbocycles. The second kappa shape index (κ2) is 8.90. The predicted molar refractivity (Wildman–Crippen MR) is 111 cm³/mol. The van der Waals surface area contributed by atoms with E-state index in [4.69, 9.17) is 4.74 Å². The first-order valence-electron chi connectivity index (χ1n) is 10.1. The first-order valence-corrected chi connectivity index (χ1v) is 10.1. The lowest BCUT2D eigenvalue weighted by atomic mass is 10.0. The molecule has 1 aromatic heterocycles. The first-order chi connectivity index (χ1) is 14.2. The van der Waals surface area contributed by atoms with Crippen molar-refractivity contribution in [2.24, 2.45) is 0 Å². The summed E-state index contributed by atoms with van der Waals surface area (Å²) in [5.41, 5.74) is 2.67. The second-order valence-corrected chi connectivity index (χ2v) is 7.42. The molecular weight excluding hydrogens is 364 g/mol. The molecule has 0 spiro atoms. The van der Waals surface area contributed by atoms with Gasteiger partial charge >= 0.3 is 0 Å². The molecule has 0 bridgehead atoms. The van der Waals surface area contributed by atoms with Crippen LogP contribution in [0.5, 0.6) is 5.75 Å². The van der Waals surface area contributed by atoms with Gasteiger partial charge in [-0.05, 0) is 36.1 Å². The Kier molecular flexibility index (Phi) is 5.89. The number of carbonyl (C=O) groups is 1. The van der Waals surface area contributed by atoms with Crippen LogP contribution in [0.4, 0.5) is 0 Å². The lowest BCUT2D eigenvalue weighted by Crippen LogP contribution is -2.35. The van der Waals surface area contributed by atoms with Crippen LogP contribution in [-0.2, 0) is 6.54 Å². The minimum absolute atomic E-state index is 0.0490. The van der Waals surface area contributed by atoms with Crippen LogP contribution in [0.15, 0.2) is 60.8 Å². The van der Waals surface area contributed by atoms with E-state index in [2.05, 4.69) is 22.4 Å². The van der Waals surface area contributed by atoms with E-state index < -0.39 is 0 Å². The number of rotatable bonds is 5. The Morgan fingerprint density at radius 1 is 1.07 bits per heavy atom. The molecule has 4 rings (SSSR count). The quantitative estimate of drug-likeness (QED) is 0.658. The molecule has 1 unspecified atom stereocenters. The zero-order valence-corrected chi connectivity index (χ0v) is 16.7. The molecular formula is C23H26N4O2. The topological polar surface area (TPSA) is 60.2 Å². The zero-order chi connectivity index (χ0) is 20.1. The van der Waals surface area contributed by atoms with Crippen LogP contribution >= 0.6 is 0 Å². The monoisotopic (exact) mass is 390 g/mol. The molecule has 0 N–H and O–H groups in total. The Hall–Kier alpha value is -3.15. The average molecular weight is 390 g/mol. The SMILES string of the molecule is COc1ccc(C2CCCCCN2C(=O)c2cn(Cc3ccccc3)nn2)cc1. The summed E-state index contributed by atoms with van der Waals surface area (Å²) in [7, 11) is 1.66. The van der Waals surface area contributed by atoms with Gasteiger partial charge in [-0.25, -0.2) is 4.68 Å². The van der Waals surface area contributed by atoms with Crippen LogP contribution in [0.25, 0.3) is 0 Å². The molecule has 1 atom stereocenters. The third-order valence-corrected chi connectivity index (χ3v) is 5.46. The molecule has 1 amide bonds. The number of benzene rings is 2. The largest absolute Gasteiger partial charge is 0.497 e.